The summed E-state index contributed by atoms with van der Waals surface area (Å²) in [6.07, 6.45) is 2.13. The number of nitrogens with two attached hydrogens (primary N) is 1. The Labute approximate surface area is 125 Å². The normalized spacial score (nSPS) is 10.6. The van der Waals surface area contributed by atoms with E-state index in [1.54, 1.807) is 18.1 Å². The molecule has 1 aromatic heterocycles. The average molecular weight is 314 g/mol. The highest BCUT2D eigenvalue weighted by Crippen LogP contribution is 2.28. The third kappa shape index (κ3) is 3.40. The van der Waals surface area contributed by atoms with Gasteiger partial charge >= 0.3 is 0 Å². The van der Waals surface area contributed by atoms with Gasteiger partial charge in [0.15, 0.2) is 5.82 Å². The predicted octanol–water partition coefficient (Wildman–Crippen LogP) is 1.68. The fraction of sp³-hybridized carbons (Fsp3) is 0.250. The van der Waals surface area contributed by atoms with Crippen LogP contribution in [0.5, 0.6) is 0 Å². The molecule has 106 valence electrons. The highest BCUT2D eigenvalue weighted by molar-refractivity contribution is 6.44. The number of aromatic nitrogens is 3. The van der Waals surface area contributed by atoms with Gasteiger partial charge in [-0.3, -0.25) is 9.48 Å². The zero-order valence-corrected chi connectivity index (χ0v) is 12.2. The Hall–Kier alpha value is -1.79. The smallest absolute Gasteiger partial charge is 0.252 e. The molecule has 0 unspecified atom stereocenters. The van der Waals surface area contributed by atoms with Crippen molar-refractivity contribution in [1.82, 2.24) is 20.1 Å². The summed E-state index contributed by atoms with van der Waals surface area (Å²) in [6.45, 7) is 0.394. The van der Waals surface area contributed by atoms with Crippen LogP contribution in [0.25, 0.3) is 0 Å². The number of nitrogens with one attached hydrogen (secondary N) is 1. The summed E-state index contributed by atoms with van der Waals surface area (Å²) in [5.74, 6) is 0.324. The van der Waals surface area contributed by atoms with Gasteiger partial charge in [-0.15, -0.1) is 0 Å². The summed E-state index contributed by atoms with van der Waals surface area (Å²) in [6, 6.07) is 2.99. The maximum Gasteiger partial charge on any atom is 0.252 e. The second kappa shape index (κ2) is 6.11. The first-order valence-electron chi connectivity index (χ1n) is 5.84. The summed E-state index contributed by atoms with van der Waals surface area (Å²) in [5, 5.41) is 7.28. The Morgan fingerprint density at radius 1 is 1.45 bits per heavy atom. The molecule has 0 aliphatic carbocycles. The van der Waals surface area contributed by atoms with Crippen molar-refractivity contribution in [3.63, 3.8) is 0 Å². The van der Waals surface area contributed by atoms with Gasteiger partial charge in [0.1, 0.15) is 6.33 Å². The van der Waals surface area contributed by atoms with Crippen LogP contribution in [0, 0.1) is 0 Å². The van der Waals surface area contributed by atoms with Crippen LogP contribution in [0.4, 0.5) is 5.69 Å². The van der Waals surface area contributed by atoms with E-state index in [1.165, 1.54) is 12.1 Å². The van der Waals surface area contributed by atoms with E-state index in [1.807, 2.05) is 0 Å². The lowest BCUT2D eigenvalue weighted by atomic mass is 10.2. The van der Waals surface area contributed by atoms with Gasteiger partial charge in [0, 0.05) is 25.7 Å². The van der Waals surface area contributed by atoms with Gasteiger partial charge in [0.2, 0.25) is 0 Å². The fourth-order valence-electron chi connectivity index (χ4n) is 1.66. The van der Waals surface area contributed by atoms with Crippen LogP contribution >= 0.6 is 23.2 Å². The van der Waals surface area contributed by atoms with Gasteiger partial charge in [-0.25, -0.2) is 4.98 Å². The summed E-state index contributed by atoms with van der Waals surface area (Å²) >= 11 is 11.9. The summed E-state index contributed by atoms with van der Waals surface area (Å²) in [7, 11) is 1.78. The molecular formula is C12H13Cl2N5O. The van der Waals surface area contributed by atoms with Gasteiger partial charge < -0.3 is 11.1 Å². The number of hydrogen-bond acceptors (Lipinski definition) is 4. The topological polar surface area (TPSA) is 85.8 Å². The molecule has 2 rings (SSSR count). The van der Waals surface area contributed by atoms with E-state index in [4.69, 9.17) is 28.9 Å². The number of anilines is 1. The number of rotatable bonds is 4. The molecular weight excluding hydrogens is 301 g/mol. The molecule has 20 heavy (non-hydrogen) atoms. The molecule has 0 spiro atoms. The highest BCUT2D eigenvalue weighted by atomic mass is 35.5. The standard InChI is InChI=1S/C12H13Cl2N5O/c1-19-6-17-10(18-19)2-3-16-12(20)8-4-7(15)5-9(13)11(8)14/h4-6H,2-3,15H2,1H3,(H,16,20). The lowest BCUT2D eigenvalue weighted by molar-refractivity contribution is 0.0954. The van der Waals surface area contributed by atoms with Crippen molar-refractivity contribution in [3.8, 4) is 0 Å². The van der Waals surface area contributed by atoms with E-state index in [9.17, 15) is 4.79 Å². The molecule has 1 heterocycles. The second-order valence-corrected chi connectivity index (χ2v) is 4.99. The molecule has 0 fully saturated rings. The van der Waals surface area contributed by atoms with Gasteiger partial charge in [-0.2, -0.15) is 5.10 Å². The van der Waals surface area contributed by atoms with Gasteiger partial charge in [-0.1, -0.05) is 23.2 Å². The predicted molar refractivity (Wildman–Crippen MR) is 77.9 cm³/mol. The van der Waals surface area contributed by atoms with Crippen molar-refractivity contribution in [3.05, 3.63) is 39.9 Å². The molecule has 6 nitrogen and oxygen atoms in total. The number of carbonyl (C=O) groups excluding carboxylic acids is 1. The lowest BCUT2D eigenvalue weighted by Crippen LogP contribution is -2.26. The van der Waals surface area contributed by atoms with Gasteiger partial charge in [0.05, 0.1) is 15.6 Å². The van der Waals surface area contributed by atoms with E-state index in [0.717, 1.165) is 0 Å². The number of hydrogen-bond donors (Lipinski definition) is 2. The first-order chi connectivity index (χ1) is 9.47. The van der Waals surface area contributed by atoms with Crippen molar-refractivity contribution in [2.24, 2.45) is 7.05 Å². The van der Waals surface area contributed by atoms with E-state index in [2.05, 4.69) is 15.4 Å². The minimum atomic E-state index is -0.333. The quantitative estimate of drug-likeness (QED) is 0.841. The zero-order valence-electron chi connectivity index (χ0n) is 10.7. The number of aryl methyl sites for hydroxylation is 1. The molecule has 0 aliphatic rings. The molecule has 0 saturated heterocycles. The number of amides is 1. The lowest BCUT2D eigenvalue weighted by Gasteiger charge is -2.08. The summed E-state index contributed by atoms with van der Waals surface area (Å²) in [4.78, 5) is 16.1. The minimum absolute atomic E-state index is 0.189. The van der Waals surface area contributed by atoms with E-state index in [0.29, 0.717) is 24.5 Å². The maximum absolute atomic E-state index is 12.0. The number of carbonyl (C=O) groups is 1. The Balaban J connectivity index is 1.98. The van der Waals surface area contributed by atoms with Crippen molar-refractivity contribution in [2.45, 2.75) is 6.42 Å². The van der Waals surface area contributed by atoms with Gasteiger partial charge in [0.25, 0.3) is 5.91 Å². The monoisotopic (exact) mass is 313 g/mol. The number of benzene rings is 1. The van der Waals surface area contributed by atoms with Crippen molar-refractivity contribution in [2.75, 3.05) is 12.3 Å². The van der Waals surface area contributed by atoms with Crippen LogP contribution in [-0.4, -0.2) is 27.2 Å². The second-order valence-electron chi connectivity index (χ2n) is 4.20. The third-order valence-electron chi connectivity index (χ3n) is 2.58. The molecule has 0 bridgehead atoms. The van der Waals surface area contributed by atoms with Crippen molar-refractivity contribution >= 4 is 34.8 Å². The van der Waals surface area contributed by atoms with Crippen molar-refractivity contribution in [1.29, 1.82) is 0 Å². The molecule has 1 aromatic carbocycles. The molecule has 0 aliphatic heterocycles. The fourth-order valence-corrected chi connectivity index (χ4v) is 2.08. The first-order valence-corrected chi connectivity index (χ1v) is 6.60. The number of halogens is 2. The average Bonchev–Trinajstić information content (AvgIpc) is 2.79. The number of nitrogens with zero attached hydrogens (tertiary/aromatic N) is 3. The molecule has 0 radical (unpaired) electrons. The third-order valence-corrected chi connectivity index (χ3v) is 3.38. The molecule has 0 saturated carbocycles. The first kappa shape index (κ1) is 14.6. The van der Waals surface area contributed by atoms with Crippen LogP contribution in [-0.2, 0) is 13.5 Å². The van der Waals surface area contributed by atoms with E-state index >= 15 is 0 Å². The summed E-state index contributed by atoms with van der Waals surface area (Å²) < 4.78 is 1.60. The molecule has 3 N–H and O–H groups in total. The van der Waals surface area contributed by atoms with Crippen LogP contribution < -0.4 is 11.1 Å². The Bertz CT molecular complexity index is 641. The van der Waals surface area contributed by atoms with Gasteiger partial charge in [-0.05, 0) is 12.1 Å². The van der Waals surface area contributed by atoms with Crippen LogP contribution in [0.15, 0.2) is 18.5 Å². The van der Waals surface area contributed by atoms with Crippen LogP contribution in [0.1, 0.15) is 16.2 Å². The SMILES string of the molecule is Cn1cnc(CCNC(=O)c2cc(N)cc(Cl)c2Cl)n1. The maximum atomic E-state index is 12.0. The summed E-state index contributed by atoms with van der Waals surface area (Å²) in [5.41, 5.74) is 6.28. The molecule has 8 heteroatoms. The van der Waals surface area contributed by atoms with Crippen LogP contribution in [0.3, 0.4) is 0 Å². The van der Waals surface area contributed by atoms with Crippen LogP contribution in [0.2, 0.25) is 10.0 Å². The largest absolute Gasteiger partial charge is 0.399 e. The number of nitrogen functional groups attached to an aromatic ring is 1. The van der Waals surface area contributed by atoms with E-state index < -0.39 is 0 Å². The Kier molecular flexibility index (Phi) is 4.46. The minimum Gasteiger partial charge on any atom is -0.399 e. The molecule has 0 atom stereocenters. The Morgan fingerprint density at radius 2 is 2.20 bits per heavy atom. The Morgan fingerprint density at radius 3 is 2.85 bits per heavy atom. The molecule has 2 aromatic rings. The molecule has 1 amide bonds. The van der Waals surface area contributed by atoms with E-state index in [-0.39, 0.29) is 21.5 Å². The zero-order chi connectivity index (χ0) is 14.7. The van der Waals surface area contributed by atoms with Crippen molar-refractivity contribution < 1.29 is 4.79 Å². The highest BCUT2D eigenvalue weighted by Gasteiger charge is 2.14.